The molecular formula is C18H21NO3. The molecule has 2 aromatic carbocycles. The van der Waals surface area contributed by atoms with E-state index in [1.807, 2.05) is 65.6 Å². The quantitative estimate of drug-likeness (QED) is 0.814. The molecule has 0 aliphatic rings. The standard InChI is InChI=1S/C18H21NO3/c1-22-14-17(18(20)21)19(12-15-8-4-2-5-9-15)13-16-10-6-3-7-11-16/h2-11,17H,12-14H2,1H3,(H,20,21)/t17-/m0/s1. The Morgan fingerprint density at radius 3 is 1.82 bits per heavy atom. The van der Waals surface area contributed by atoms with Crippen LogP contribution >= 0.6 is 0 Å². The number of benzene rings is 2. The van der Waals surface area contributed by atoms with Gasteiger partial charge in [-0.1, -0.05) is 60.7 Å². The van der Waals surface area contributed by atoms with Crippen LogP contribution in [0.25, 0.3) is 0 Å². The maximum absolute atomic E-state index is 11.6. The van der Waals surface area contributed by atoms with E-state index in [1.54, 1.807) is 0 Å². The van der Waals surface area contributed by atoms with Gasteiger partial charge in [0, 0.05) is 20.2 Å². The molecule has 0 spiro atoms. The van der Waals surface area contributed by atoms with E-state index in [0.29, 0.717) is 13.1 Å². The molecule has 0 aliphatic carbocycles. The van der Waals surface area contributed by atoms with Gasteiger partial charge in [0.25, 0.3) is 0 Å². The van der Waals surface area contributed by atoms with Crippen molar-refractivity contribution in [3.05, 3.63) is 71.8 Å². The molecule has 4 nitrogen and oxygen atoms in total. The second-order valence-corrected chi connectivity index (χ2v) is 5.19. The average molecular weight is 299 g/mol. The zero-order valence-electron chi connectivity index (χ0n) is 12.7. The lowest BCUT2D eigenvalue weighted by Crippen LogP contribution is -2.43. The second-order valence-electron chi connectivity index (χ2n) is 5.19. The van der Waals surface area contributed by atoms with Crippen LogP contribution in [0.15, 0.2) is 60.7 Å². The number of nitrogens with zero attached hydrogens (tertiary/aromatic N) is 1. The highest BCUT2D eigenvalue weighted by molar-refractivity contribution is 5.73. The Morgan fingerprint density at radius 2 is 1.45 bits per heavy atom. The summed E-state index contributed by atoms with van der Waals surface area (Å²) in [5, 5.41) is 9.51. The number of carbonyl (C=O) groups is 1. The monoisotopic (exact) mass is 299 g/mol. The molecule has 0 fully saturated rings. The Labute approximate surface area is 131 Å². The number of rotatable bonds is 8. The summed E-state index contributed by atoms with van der Waals surface area (Å²) in [6.07, 6.45) is 0. The van der Waals surface area contributed by atoms with Crippen LogP contribution in [0, 0.1) is 0 Å². The fourth-order valence-electron chi connectivity index (χ4n) is 2.40. The average Bonchev–Trinajstić information content (AvgIpc) is 2.54. The van der Waals surface area contributed by atoms with Crippen molar-refractivity contribution in [2.24, 2.45) is 0 Å². The van der Waals surface area contributed by atoms with Crippen LogP contribution in [0.2, 0.25) is 0 Å². The number of hydrogen-bond acceptors (Lipinski definition) is 3. The summed E-state index contributed by atoms with van der Waals surface area (Å²) in [7, 11) is 1.53. The first-order valence-corrected chi connectivity index (χ1v) is 7.24. The van der Waals surface area contributed by atoms with Crippen molar-refractivity contribution in [1.29, 1.82) is 0 Å². The maximum Gasteiger partial charge on any atom is 0.323 e. The largest absolute Gasteiger partial charge is 0.480 e. The van der Waals surface area contributed by atoms with E-state index in [1.165, 1.54) is 7.11 Å². The van der Waals surface area contributed by atoms with E-state index >= 15 is 0 Å². The van der Waals surface area contributed by atoms with Gasteiger partial charge < -0.3 is 9.84 Å². The summed E-state index contributed by atoms with van der Waals surface area (Å²) < 4.78 is 5.10. The molecule has 0 unspecified atom stereocenters. The predicted molar refractivity (Wildman–Crippen MR) is 85.4 cm³/mol. The lowest BCUT2D eigenvalue weighted by Gasteiger charge is -2.28. The molecule has 116 valence electrons. The van der Waals surface area contributed by atoms with Crippen molar-refractivity contribution < 1.29 is 14.6 Å². The molecule has 0 bridgehead atoms. The van der Waals surface area contributed by atoms with Crippen LogP contribution in [0.4, 0.5) is 0 Å². The molecule has 0 saturated carbocycles. The van der Waals surface area contributed by atoms with Crippen molar-refractivity contribution >= 4 is 5.97 Å². The van der Waals surface area contributed by atoms with Crippen LogP contribution in [0.1, 0.15) is 11.1 Å². The molecule has 1 atom stereocenters. The first-order valence-electron chi connectivity index (χ1n) is 7.24. The molecule has 0 radical (unpaired) electrons. The lowest BCUT2D eigenvalue weighted by molar-refractivity contribution is -0.146. The van der Waals surface area contributed by atoms with E-state index < -0.39 is 12.0 Å². The van der Waals surface area contributed by atoms with Gasteiger partial charge in [-0.05, 0) is 11.1 Å². The maximum atomic E-state index is 11.6. The summed E-state index contributed by atoms with van der Waals surface area (Å²) >= 11 is 0. The highest BCUT2D eigenvalue weighted by Crippen LogP contribution is 2.14. The third-order valence-corrected chi connectivity index (χ3v) is 3.51. The summed E-state index contributed by atoms with van der Waals surface area (Å²) in [6, 6.07) is 19.1. The molecule has 0 heterocycles. The fraction of sp³-hybridized carbons (Fsp3) is 0.278. The van der Waals surface area contributed by atoms with Crippen LogP contribution in [0.3, 0.4) is 0 Å². The molecule has 0 amide bonds. The van der Waals surface area contributed by atoms with Gasteiger partial charge in [0.05, 0.1) is 6.61 Å². The second kappa shape index (κ2) is 8.32. The van der Waals surface area contributed by atoms with E-state index in [0.717, 1.165) is 11.1 Å². The van der Waals surface area contributed by atoms with Gasteiger partial charge in [0.2, 0.25) is 0 Å². The topological polar surface area (TPSA) is 49.8 Å². The van der Waals surface area contributed by atoms with Crippen LogP contribution in [-0.4, -0.2) is 35.7 Å². The van der Waals surface area contributed by atoms with Crippen LogP contribution < -0.4 is 0 Å². The van der Waals surface area contributed by atoms with Crippen LogP contribution in [0.5, 0.6) is 0 Å². The third-order valence-electron chi connectivity index (χ3n) is 3.51. The van der Waals surface area contributed by atoms with E-state index in [4.69, 9.17) is 4.74 Å². The van der Waals surface area contributed by atoms with E-state index in [-0.39, 0.29) is 6.61 Å². The molecule has 0 aromatic heterocycles. The molecule has 0 aliphatic heterocycles. The van der Waals surface area contributed by atoms with Crippen molar-refractivity contribution in [2.75, 3.05) is 13.7 Å². The van der Waals surface area contributed by atoms with Crippen molar-refractivity contribution in [3.63, 3.8) is 0 Å². The van der Waals surface area contributed by atoms with Gasteiger partial charge in [0.1, 0.15) is 6.04 Å². The zero-order valence-corrected chi connectivity index (χ0v) is 12.7. The Balaban J connectivity index is 2.20. The minimum absolute atomic E-state index is 0.162. The first-order chi connectivity index (χ1) is 10.7. The van der Waals surface area contributed by atoms with E-state index in [2.05, 4.69) is 0 Å². The number of aliphatic carboxylic acids is 1. The minimum atomic E-state index is -0.867. The summed E-state index contributed by atoms with van der Waals surface area (Å²) in [6.45, 7) is 1.29. The normalized spacial score (nSPS) is 12.3. The SMILES string of the molecule is COC[C@@H](C(=O)O)N(Cc1ccccc1)Cc1ccccc1. The van der Waals surface area contributed by atoms with Crippen LogP contribution in [-0.2, 0) is 22.6 Å². The highest BCUT2D eigenvalue weighted by atomic mass is 16.5. The molecule has 2 aromatic rings. The predicted octanol–water partition coefficient (Wildman–Crippen LogP) is 2.79. The number of carboxylic acids is 1. The summed E-state index contributed by atoms with van der Waals surface area (Å²) in [5.74, 6) is -0.867. The third kappa shape index (κ3) is 4.69. The Bertz CT molecular complexity index is 530. The lowest BCUT2D eigenvalue weighted by atomic mass is 10.1. The van der Waals surface area contributed by atoms with Gasteiger partial charge in [-0.2, -0.15) is 0 Å². The number of hydrogen-bond donors (Lipinski definition) is 1. The highest BCUT2D eigenvalue weighted by Gasteiger charge is 2.25. The summed E-state index contributed by atoms with van der Waals surface area (Å²) in [4.78, 5) is 13.5. The van der Waals surface area contributed by atoms with Gasteiger partial charge >= 0.3 is 5.97 Å². The molecule has 22 heavy (non-hydrogen) atoms. The molecule has 0 saturated heterocycles. The van der Waals surface area contributed by atoms with E-state index in [9.17, 15) is 9.90 Å². The Kier molecular flexibility index (Phi) is 6.13. The fourth-order valence-corrected chi connectivity index (χ4v) is 2.40. The molecular weight excluding hydrogens is 278 g/mol. The van der Waals surface area contributed by atoms with Crippen molar-refractivity contribution in [3.8, 4) is 0 Å². The Hall–Kier alpha value is -2.17. The van der Waals surface area contributed by atoms with Gasteiger partial charge in [-0.15, -0.1) is 0 Å². The van der Waals surface area contributed by atoms with Crippen molar-refractivity contribution in [1.82, 2.24) is 4.90 Å². The Morgan fingerprint density at radius 1 is 1.00 bits per heavy atom. The number of methoxy groups -OCH3 is 1. The summed E-state index contributed by atoms with van der Waals surface area (Å²) in [5.41, 5.74) is 2.17. The molecule has 4 heteroatoms. The first kappa shape index (κ1) is 16.2. The smallest absolute Gasteiger partial charge is 0.323 e. The number of ether oxygens (including phenoxy) is 1. The minimum Gasteiger partial charge on any atom is -0.480 e. The van der Waals surface area contributed by atoms with Gasteiger partial charge in [0.15, 0.2) is 0 Å². The zero-order chi connectivity index (χ0) is 15.8. The number of carboxylic acid groups (broad SMARTS) is 1. The van der Waals surface area contributed by atoms with Gasteiger partial charge in [-0.25, -0.2) is 0 Å². The van der Waals surface area contributed by atoms with Crippen molar-refractivity contribution in [2.45, 2.75) is 19.1 Å². The van der Waals surface area contributed by atoms with Gasteiger partial charge in [-0.3, -0.25) is 9.69 Å². The molecule has 2 rings (SSSR count). The molecule has 1 N–H and O–H groups in total.